The number of thiophene rings is 1. The van der Waals surface area contributed by atoms with Crippen LogP contribution in [0.2, 0.25) is 0 Å². The first-order valence-corrected chi connectivity index (χ1v) is 7.28. The average molecular weight is 369 g/mol. The van der Waals surface area contributed by atoms with Gasteiger partial charge < -0.3 is 10.4 Å². The molecule has 8 heteroatoms. The molecule has 0 atom stereocenters. The molecule has 1 amide bonds. The Labute approximate surface area is 132 Å². The number of halogens is 1. The van der Waals surface area contributed by atoms with E-state index in [9.17, 15) is 20.0 Å². The van der Waals surface area contributed by atoms with Crippen LogP contribution in [0.4, 0.5) is 11.4 Å². The lowest BCUT2D eigenvalue weighted by Crippen LogP contribution is -2.07. The number of amides is 1. The third-order valence-electron chi connectivity index (χ3n) is 2.44. The highest BCUT2D eigenvalue weighted by molar-refractivity contribution is 9.11. The third kappa shape index (κ3) is 4.14. The van der Waals surface area contributed by atoms with Crippen molar-refractivity contribution in [2.24, 2.45) is 0 Å². The summed E-state index contributed by atoms with van der Waals surface area (Å²) in [6.45, 7) is 0. The number of benzene rings is 1. The number of aromatic hydroxyl groups is 1. The monoisotopic (exact) mass is 368 g/mol. The zero-order valence-corrected chi connectivity index (χ0v) is 12.8. The van der Waals surface area contributed by atoms with Crippen molar-refractivity contribution in [1.82, 2.24) is 0 Å². The first-order chi connectivity index (χ1) is 9.95. The minimum atomic E-state index is -0.625. The normalized spacial score (nSPS) is 10.7. The Morgan fingerprint density at radius 2 is 2.14 bits per heavy atom. The third-order valence-corrected chi connectivity index (χ3v) is 4.03. The van der Waals surface area contributed by atoms with E-state index in [1.54, 1.807) is 6.08 Å². The van der Waals surface area contributed by atoms with E-state index in [-0.39, 0.29) is 17.1 Å². The first-order valence-electron chi connectivity index (χ1n) is 5.67. The Morgan fingerprint density at radius 3 is 2.71 bits per heavy atom. The van der Waals surface area contributed by atoms with Crippen LogP contribution < -0.4 is 5.32 Å². The van der Waals surface area contributed by atoms with Gasteiger partial charge in [0.2, 0.25) is 5.91 Å². The summed E-state index contributed by atoms with van der Waals surface area (Å²) in [7, 11) is 0. The van der Waals surface area contributed by atoms with E-state index in [4.69, 9.17) is 0 Å². The summed E-state index contributed by atoms with van der Waals surface area (Å²) in [5.41, 5.74) is -0.132. The van der Waals surface area contributed by atoms with Crippen molar-refractivity contribution in [2.45, 2.75) is 0 Å². The number of nitro benzene ring substituents is 1. The maximum absolute atomic E-state index is 11.7. The number of nitrogens with one attached hydrogen (secondary N) is 1. The summed E-state index contributed by atoms with van der Waals surface area (Å²) >= 11 is 4.79. The smallest absolute Gasteiger partial charge is 0.273 e. The molecule has 1 heterocycles. The van der Waals surface area contributed by atoms with Crippen molar-refractivity contribution in [3.63, 3.8) is 0 Å². The Hall–Kier alpha value is -2.19. The first kappa shape index (κ1) is 15.2. The van der Waals surface area contributed by atoms with Gasteiger partial charge in [-0.05, 0) is 40.2 Å². The van der Waals surface area contributed by atoms with Crippen LogP contribution in [0.25, 0.3) is 6.08 Å². The van der Waals surface area contributed by atoms with Crippen molar-refractivity contribution in [1.29, 1.82) is 0 Å². The second kappa shape index (κ2) is 6.51. The topological polar surface area (TPSA) is 92.5 Å². The van der Waals surface area contributed by atoms with Crippen molar-refractivity contribution in [3.05, 3.63) is 55.2 Å². The predicted octanol–water partition coefficient (Wildman–Crippen LogP) is 3.78. The molecule has 0 saturated carbocycles. The summed E-state index contributed by atoms with van der Waals surface area (Å²) in [6, 6.07) is 7.18. The van der Waals surface area contributed by atoms with E-state index >= 15 is 0 Å². The number of hydrogen-bond donors (Lipinski definition) is 2. The van der Waals surface area contributed by atoms with Gasteiger partial charge in [-0.1, -0.05) is 0 Å². The van der Waals surface area contributed by atoms with Crippen LogP contribution in [0, 0.1) is 10.1 Å². The summed E-state index contributed by atoms with van der Waals surface area (Å²) in [5, 5.41) is 22.6. The maximum Gasteiger partial charge on any atom is 0.273 e. The van der Waals surface area contributed by atoms with Crippen LogP contribution in [0.5, 0.6) is 5.75 Å². The molecule has 0 radical (unpaired) electrons. The number of non-ortho nitro benzene ring substituents is 1. The number of anilines is 1. The van der Waals surface area contributed by atoms with Gasteiger partial charge >= 0.3 is 0 Å². The van der Waals surface area contributed by atoms with Gasteiger partial charge in [0.15, 0.2) is 0 Å². The number of nitrogens with zero attached hydrogens (tertiary/aromatic N) is 1. The average Bonchev–Trinajstić information content (AvgIpc) is 2.84. The van der Waals surface area contributed by atoms with Crippen molar-refractivity contribution in [2.75, 3.05) is 5.32 Å². The summed E-state index contributed by atoms with van der Waals surface area (Å²) in [6.07, 6.45) is 2.95. The fourth-order valence-electron chi connectivity index (χ4n) is 1.49. The lowest BCUT2D eigenvalue weighted by atomic mass is 10.2. The molecule has 0 unspecified atom stereocenters. The van der Waals surface area contributed by atoms with E-state index in [0.717, 1.165) is 14.7 Å². The SMILES string of the molecule is O=C(/C=C/c1ccc(Br)s1)Nc1ccc([N+](=O)[O-])cc1O. The highest BCUT2D eigenvalue weighted by Crippen LogP contribution is 2.28. The van der Waals surface area contributed by atoms with E-state index < -0.39 is 10.8 Å². The zero-order chi connectivity index (χ0) is 15.4. The molecule has 108 valence electrons. The molecule has 0 aliphatic carbocycles. The van der Waals surface area contributed by atoms with Gasteiger partial charge in [0, 0.05) is 17.0 Å². The lowest BCUT2D eigenvalue weighted by Gasteiger charge is -2.04. The number of rotatable bonds is 4. The molecule has 21 heavy (non-hydrogen) atoms. The van der Waals surface area contributed by atoms with Crippen molar-refractivity contribution in [3.8, 4) is 5.75 Å². The molecule has 0 saturated heterocycles. The van der Waals surface area contributed by atoms with E-state index in [1.807, 2.05) is 12.1 Å². The molecule has 2 N–H and O–H groups in total. The molecule has 2 rings (SSSR count). The van der Waals surface area contributed by atoms with Crippen molar-refractivity contribution < 1.29 is 14.8 Å². The summed E-state index contributed by atoms with van der Waals surface area (Å²) in [5.74, 6) is -0.798. The molecule has 0 fully saturated rings. The Balaban J connectivity index is 2.06. The molecule has 0 spiro atoms. The van der Waals surface area contributed by atoms with Crippen LogP contribution >= 0.6 is 27.3 Å². The van der Waals surface area contributed by atoms with Gasteiger partial charge in [0.1, 0.15) is 5.75 Å². The van der Waals surface area contributed by atoms with Gasteiger partial charge in [0.05, 0.1) is 20.5 Å². The number of carbonyl (C=O) groups excluding carboxylic acids is 1. The number of hydrogen-bond acceptors (Lipinski definition) is 5. The fourth-order valence-corrected chi connectivity index (χ4v) is 2.82. The zero-order valence-electron chi connectivity index (χ0n) is 10.4. The number of carbonyl (C=O) groups is 1. The van der Waals surface area contributed by atoms with Crippen molar-refractivity contribution >= 4 is 50.6 Å². The van der Waals surface area contributed by atoms with Gasteiger partial charge in [-0.15, -0.1) is 11.3 Å². The van der Waals surface area contributed by atoms with E-state index in [0.29, 0.717) is 0 Å². The maximum atomic E-state index is 11.7. The van der Waals surface area contributed by atoms with Crippen LogP contribution in [0.15, 0.2) is 40.2 Å². The van der Waals surface area contributed by atoms with Gasteiger partial charge in [-0.25, -0.2) is 0 Å². The van der Waals surface area contributed by atoms with Gasteiger partial charge in [-0.3, -0.25) is 14.9 Å². The predicted molar refractivity (Wildman–Crippen MR) is 84.4 cm³/mol. The van der Waals surface area contributed by atoms with E-state index in [1.165, 1.54) is 29.5 Å². The molecule has 0 aliphatic heterocycles. The van der Waals surface area contributed by atoms with Crippen LogP contribution in [-0.4, -0.2) is 15.9 Å². The Bertz CT molecular complexity index is 727. The Kier molecular flexibility index (Phi) is 4.71. The molecule has 2 aromatic rings. The summed E-state index contributed by atoms with van der Waals surface area (Å²) in [4.78, 5) is 22.5. The summed E-state index contributed by atoms with van der Waals surface area (Å²) < 4.78 is 0.954. The van der Waals surface area contributed by atoms with Gasteiger partial charge in [-0.2, -0.15) is 0 Å². The fraction of sp³-hybridized carbons (Fsp3) is 0. The minimum Gasteiger partial charge on any atom is -0.506 e. The standard InChI is InChI=1S/C13H9BrN2O4S/c14-12-5-2-9(21-12)3-6-13(18)15-10-4-1-8(16(19)20)7-11(10)17/h1-7,17H,(H,15,18)/b6-3+. The Morgan fingerprint density at radius 1 is 1.38 bits per heavy atom. The number of phenolic OH excluding ortho intramolecular Hbond substituents is 1. The minimum absolute atomic E-state index is 0.114. The second-order valence-corrected chi connectivity index (χ2v) is 6.42. The molecular formula is C13H9BrN2O4S. The molecule has 6 nitrogen and oxygen atoms in total. The highest BCUT2D eigenvalue weighted by atomic mass is 79.9. The molecular weight excluding hydrogens is 360 g/mol. The largest absolute Gasteiger partial charge is 0.506 e. The highest BCUT2D eigenvalue weighted by Gasteiger charge is 2.11. The lowest BCUT2D eigenvalue weighted by molar-refractivity contribution is -0.384. The second-order valence-electron chi connectivity index (χ2n) is 3.92. The molecule has 1 aromatic carbocycles. The molecule has 1 aromatic heterocycles. The molecule has 0 bridgehead atoms. The quantitative estimate of drug-likeness (QED) is 0.371. The van der Waals surface area contributed by atoms with Crippen LogP contribution in [0.3, 0.4) is 0 Å². The van der Waals surface area contributed by atoms with Crippen LogP contribution in [0.1, 0.15) is 4.88 Å². The van der Waals surface area contributed by atoms with E-state index in [2.05, 4.69) is 21.2 Å². The van der Waals surface area contributed by atoms with Gasteiger partial charge in [0.25, 0.3) is 5.69 Å². The molecule has 0 aliphatic rings. The number of phenols is 1. The number of nitro groups is 1. The van der Waals surface area contributed by atoms with Crippen LogP contribution in [-0.2, 0) is 4.79 Å².